The van der Waals surface area contributed by atoms with Gasteiger partial charge in [0.1, 0.15) is 0 Å². The summed E-state index contributed by atoms with van der Waals surface area (Å²) in [6, 6.07) is 6.88. The predicted molar refractivity (Wildman–Crippen MR) is 87.4 cm³/mol. The number of hydrogen-bond acceptors (Lipinski definition) is 2. The third-order valence-corrected chi connectivity index (χ3v) is 4.33. The van der Waals surface area contributed by atoms with Gasteiger partial charge in [0, 0.05) is 24.0 Å². The summed E-state index contributed by atoms with van der Waals surface area (Å²) in [6.45, 7) is 1.43. The minimum Gasteiger partial charge on any atom is -0.320 e. The fourth-order valence-electron chi connectivity index (χ4n) is 2.70. The highest BCUT2D eigenvalue weighted by Crippen LogP contribution is 2.27. The second kappa shape index (κ2) is 6.58. The molecule has 0 radical (unpaired) electrons. The summed E-state index contributed by atoms with van der Waals surface area (Å²) in [4.78, 5) is 14.3. The van der Waals surface area contributed by atoms with Crippen molar-refractivity contribution < 1.29 is 4.79 Å². The predicted octanol–water partition coefficient (Wildman–Crippen LogP) is 3.89. The molecule has 3 rings (SSSR count). The van der Waals surface area contributed by atoms with E-state index in [2.05, 4.69) is 10.4 Å². The number of aromatic nitrogens is 2. The van der Waals surface area contributed by atoms with Crippen molar-refractivity contribution in [3.63, 3.8) is 0 Å². The smallest absolute Gasteiger partial charge is 0.320 e. The van der Waals surface area contributed by atoms with Crippen molar-refractivity contribution >= 4 is 34.9 Å². The molecule has 0 aliphatic carbocycles. The normalized spacial score (nSPS) is 17.7. The Bertz CT molecular complexity index is 660. The lowest BCUT2D eigenvalue weighted by molar-refractivity contribution is 0.199. The first-order chi connectivity index (χ1) is 10.6. The highest BCUT2D eigenvalue weighted by Gasteiger charge is 2.29. The van der Waals surface area contributed by atoms with Crippen LogP contribution in [0.2, 0.25) is 10.0 Å². The number of halogens is 2. The van der Waals surface area contributed by atoms with Crippen LogP contribution in [-0.2, 0) is 6.54 Å². The molecule has 2 heterocycles. The number of amides is 2. The molecule has 2 aromatic rings. The van der Waals surface area contributed by atoms with Crippen molar-refractivity contribution in [1.29, 1.82) is 0 Å². The monoisotopic (exact) mass is 338 g/mol. The standard InChI is InChI=1S/C15H16Cl2N4O/c16-11-4-5-13(17)14(9-11)19-15(22)21-8-1-3-12(21)10-20-7-2-6-18-20/h2,4-7,9,12H,1,3,8,10H2,(H,19,22)/t12-/m0/s1. The molecule has 0 bridgehead atoms. The average Bonchev–Trinajstić information content (AvgIpc) is 3.15. The molecule has 1 aromatic carbocycles. The summed E-state index contributed by atoms with van der Waals surface area (Å²) in [5.41, 5.74) is 0.531. The van der Waals surface area contributed by atoms with Crippen LogP contribution < -0.4 is 5.32 Å². The number of carbonyl (C=O) groups is 1. The van der Waals surface area contributed by atoms with Gasteiger partial charge in [-0.05, 0) is 37.1 Å². The Kier molecular flexibility index (Phi) is 4.55. The lowest BCUT2D eigenvalue weighted by Crippen LogP contribution is -2.40. The minimum atomic E-state index is -0.154. The molecule has 1 aliphatic heterocycles. The third-order valence-electron chi connectivity index (χ3n) is 3.77. The van der Waals surface area contributed by atoms with Gasteiger partial charge in [0.25, 0.3) is 0 Å². The van der Waals surface area contributed by atoms with Gasteiger partial charge in [-0.3, -0.25) is 4.68 Å². The Labute approximate surface area is 138 Å². The van der Waals surface area contributed by atoms with Crippen LogP contribution in [0.1, 0.15) is 12.8 Å². The van der Waals surface area contributed by atoms with Crippen LogP contribution in [0, 0.1) is 0 Å². The summed E-state index contributed by atoms with van der Waals surface area (Å²) in [5.74, 6) is 0. The number of carbonyl (C=O) groups excluding carboxylic acids is 1. The van der Waals surface area contributed by atoms with Crippen molar-refractivity contribution in [3.8, 4) is 0 Å². The van der Waals surface area contributed by atoms with Gasteiger partial charge in [-0.15, -0.1) is 0 Å². The lowest BCUT2D eigenvalue weighted by Gasteiger charge is -2.25. The van der Waals surface area contributed by atoms with Crippen LogP contribution >= 0.6 is 23.2 Å². The van der Waals surface area contributed by atoms with Crippen molar-refractivity contribution in [3.05, 3.63) is 46.7 Å². The average molecular weight is 339 g/mol. The topological polar surface area (TPSA) is 50.2 Å². The van der Waals surface area contributed by atoms with E-state index in [1.54, 1.807) is 24.4 Å². The lowest BCUT2D eigenvalue weighted by atomic mass is 10.2. The van der Waals surface area contributed by atoms with Crippen LogP contribution in [0.25, 0.3) is 0 Å². The number of hydrogen-bond donors (Lipinski definition) is 1. The Morgan fingerprint density at radius 3 is 3.05 bits per heavy atom. The second-order valence-corrected chi connectivity index (χ2v) is 6.12. The van der Waals surface area contributed by atoms with E-state index < -0.39 is 0 Å². The van der Waals surface area contributed by atoms with E-state index in [4.69, 9.17) is 23.2 Å². The van der Waals surface area contributed by atoms with Gasteiger partial charge in [0.2, 0.25) is 0 Å². The quantitative estimate of drug-likeness (QED) is 0.922. The summed E-state index contributed by atoms with van der Waals surface area (Å²) in [7, 11) is 0. The first kappa shape index (κ1) is 15.2. The first-order valence-corrected chi connectivity index (χ1v) is 7.89. The number of anilines is 1. The maximum absolute atomic E-state index is 12.5. The third kappa shape index (κ3) is 3.36. The molecule has 1 aliphatic rings. The van der Waals surface area contributed by atoms with Crippen LogP contribution in [0.5, 0.6) is 0 Å². The Morgan fingerprint density at radius 2 is 2.27 bits per heavy atom. The number of benzene rings is 1. The van der Waals surface area contributed by atoms with E-state index in [1.807, 2.05) is 21.8 Å². The maximum Gasteiger partial charge on any atom is 0.322 e. The van der Waals surface area contributed by atoms with Gasteiger partial charge in [0.05, 0.1) is 23.3 Å². The minimum absolute atomic E-state index is 0.137. The first-order valence-electron chi connectivity index (χ1n) is 7.13. The van der Waals surface area contributed by atoms with Crippen molar-refractivity contribution in [2.24, 2.45) is 0 Å². The van der Waals surface area contributed by atoms with E-state index in [1.165, 1.54) is 0 Å². The molecule has 116 valence electrons. The molecule has 0 saturated carbocycles. The fourth-order valence-corrected chi connectivity index (χ4v) is 3.03. The van der Waals surface area contributed by atoms with E-state index >= 15 is 0 Å². The number of rotatable bonds is 3. The number of likely N-dealkylation sites (tertiary alicyclic amines) is 1. The molecule has 1 N–H and O–H groups in total. The zero-order chi connectivity index (χ0) is 15.5. The molecule has 7 heteroatoms. The van der Waals surface area contributed by atoms with Crippen LogP contribution in [0.3, 0.4) is 0 Å². The zero-order valence-electron chi connectivity index (χ0n) is 11.9. The molecule has 0 unspecified atom stereocenters. The highest BCUT2D eigenvalue weighted by molar-refractivity contribution is 6.35. The number of nitrogens with zero attached hydrogens (tertiary/aromatic N) is 3. The van der Waals surface area contributed by atoms with Crippen LogP contribution in [-0.4, -0.2) is 33.3 Å². The molecule has 0 spiro atoms. The Morgan fingerprint density at radius 1 is 1.41 bits per heavy atom. The van der Waals surface area contributed by atoms with Gasteiger partial charge >= 0.3 is 6.03 Å². The molecular weight excluding hydrogens is 323 g/mol. The molecule has 2 amide bonds. The van der Waals surface area contributed by atoms with Crippen LogP contribution in [0.15, 0.2) is 36.7 Å². The molecule has 1 atom stereocenters. The summed E-state index contributed by atoms with van der Waals surface area (Å²) >= 11 is 12.0. The van der Waals surface area contributed by atoms with Gasteiger partial charge in [-0.25, -0.2) is 4.79 Å². The number of urea groups is 1. The summed E-state index contributed by atoms with van der Waals surface area (Å²) < 4.78 is 1.85. The van der Waals surface area contributed by atoms with Crippen LogP contribution in [0.4, 0.5) is 10.5 Å². The Balaban J connectivity index is 1.69. The molecule has 1 fully saturated rings. The largest absolute Gasteiger partial charge is 0.322 e. The van der Waals surface area contributed by atoms with Gasteiger partial charge in [-0.2, -0.15) is 5.10 Å². The van der Waals surface area contributed by atoms with Crippen molar-refractivity contribution in [1.82, 2.24) is 14.7 Å². The highest BCUT2D eigenvalue weighted by atomic mass is 35.5. The molecule has 1 aromatic heterocycles. The zero-order valence-corrected chi connectivity index (χ0v) is 13.4. The van der Waals surface area contributed by atoms with Gasteiger partial charge < -0.3 is 10.2 Å². The SMILES string of the molecule is O=C(Nc1cc(Cl)ccc1Cl)N1CCC[C@H]1Cn1cccn1. The second-order valence-electron chi connectivity index (χ2n) is 5.27. The number of nitrogens with one attached hydrogen (secondary N) is 1. The summed E-state index contributed by atoms with van der Waals surface area (Å²) in [6.07, 6.45) is 5.60. The van der Waals surface area contributed by atoms with Gasteiger partial charge in [0.15, 0.2) is 0 Å². The fraction of sp³-hybridized carbons (Fsp3) is 0.333. The molecule has 22 heavy (non-hydrogen) atoms. The van der Waals surface area contributed by atoms with Crippen molar-refractivity contribution in [2.45, 2.75) is 25.4 Å². The maximum atomic E-state index is 12.5. The Hall–Kier alpha value is -1.72. The molecule has 5 nitrogen and oxygen atoms in total. The van der Waals surface area contributed by atoms with E-state index in [0.717, 1.165) is 19.4 Å². The summed E-state index contributed by atoms with van der Waals surface area (Å²) in [5, 5.41) is 8.06. The van der Waals surface area contributed by atoms with Gasteiger partial charge in [-0.1, -0.05) is 23.2 Å². The van der Waals surface area contributed by atoms with Crippen molar-refractivity contribution in [2.75, 3.05) is 11.9 Å². The molecular formula is C15H16Cl2N4O. The van der Waals surface area contributed by atoms with E-state index in [-0.39, 0.29) is 12.1 Å². The molecule has 1 saturated heterocycles. The van der Waals surface area contributed by atoms with E-state index in [9.17, 15) is 4.79 Å². The van der Waals surface area contributed by atoms with E-state index in [0.29, 0.717) is 22.3 Å².